The first-order valence-corrected chi connectivity index (χ1v) is 5.79. The second-order valence-corrected chi connectivity index (χ2v) is 4.21. The maximum absolute atomic E-state index is 12.6. The Kier molecular flexibility index (Phi) is 3.81. The molecule has 0 atom stereocenters. The molecule has 0 amide bonds. The van der Waals surface area contributed by atoms with Gasteiger partial charge in [0.15, 0.2) is 0 Å². The molecule has 7 heteroatoms. The van der Waals surface area contributed by atoms with Gasteiger partial charge in [0, 0.05) is 0 Å². The number of hydrogen-bond acceptors (Lipinski definition) is 3. The maximum Gasteiger partial charge on any atom is 0.433 e. The van der Waals surface area contributed by atoms with E-state index >= 15 is 0 Å². The van der Waals surface area contributed by atoms with Crippen molar-refractivity contribution in [1.29, 1.82) is 5.26 Å². The Morgan fingerprint density at radius 1 is 1.15 bits per heavy atom. The Bertz CT molecular complexity index is 677. The average Bonchev–Trinajstić information content (AvgIpc) is 2.40. The molecule has 1 N–H and O–H groups in total. The van der Waals surface area contributed by atoms with Crippen LogP contribution in [0.15, 0.2) is 36.4 Å². The summed E-state index contributed by atoms with van der Waals surface area (Å²) in [5.74, 6) is -0.185. The van der Waals surface area contributed by atoms with E-state index in [0.717, 1.165) is 12.1 Å². The predicted octanol–water partition coefficient (Wildman–Crippen LogP) is 4.37. The van der Waals surface area contributed by atoms with Gasteiger partial charge < -0.3 is 5.32 Å². The van der Waals surface area contributed by atoms with Crippen molar-refractivity contribution < 1.29 is 13.2 Å². The van der Waals surface area contributed by atoms with Gasteiger partial charge in [0.1, 0.15) is 17.6 Å². The molecule has 0 radical (unpaired) electrons. The zero-order chi connectivity index (χ0) is 14.8. The van der Waals surface area contributed by atoms with Crippen molar-refractivity contribution >= 4 is 23.1 Å². The lowest BCUT2D eigenvalue weighted by atomic mass is 10.2. The molecule has 0 fully saturated rings. The van der Waals surface area contributed by atoms with Crippen molar-refractivity contribution in [2.75, 3.05) is 5.32 Å². The molecule has 0 unspecified atom stereocenters. The maximum atomic E-state index is 12.6. The molecule has 102 valence electrons. The molecule has 0 aliphatic carbocycles. The van der Waals surface area contributed by atoms with E-state index < -0.39 is 11.9 Å². The molecule has 0 aliphatic heterocycles. The van der Waals surface area contributed by atoms with Crippen LogP contribution in [0.4, 0.5) is 24.7 Å². The lowest BCUT2D eigenvalue weighted by Crippen LogP contribution is -2.10. The zero-order valence-electron chi connectivity index (χ0n) is 9.87. The number of alkyl halides is 3. The summed E-state index contributed by atoms with van der Waals surface area (Å²) in [7, 11) is 0. The molecule has 2 aromatic rings. The summed E-state index contributed by atoms with van der Waals surface area (Å²) in [4.78, 5) is 3.43. The summed E-state index contributed by atoms with van der Waals surface area (Å²) >= 11 is 5.90. The SMILES string of the molecule is N#Cc1ccc(C(F)(F)F)nc1Nc1ccccc1Cl. The number of rotatable bonds is 2. The van der Waals surface area contributed by atoms with Gasteiger partial charge in [-0.3, -0.25) is 0 Å². The summed E-state index contributed by atoms with van der Waals surface area (Å²) in [5.41, 5.74) is -0.707. The van der Waals surface area contributed by atoms with Gasteiger partial charge in [-0.25, -0.2) is 4.98 Å². The minimum Gasteiger partial charge on any atom is -0.338 e. The van der Waals surface area contributed by atoms with E-state index in [0.29, 0.717) is 10.7 Å². The van der Waals surface area contributed by atoms with Crippen molar-refractivity contribution in [2.45, 2.75) is 6.18 Å². The number of para-hydroxylation sites is 1. The van der Waals surface area contributed by atoms with Crippen LogP contribution in [-0.4, -0.2) is 4.98 Å². The number of nitrogens with zero attached hydrogens (tertiary/aromatic N) is 2. The lowest BCUT2D eigenvalue weighted by molar-refractivity contribution is -0.141. The summed E-state index contributed by atoms with van der Waals surface area (Å²) in [6.07, 6.45) is -4.58. The summed E-state index contributed by atoms with van der Waals surface area (Å²) in [6, 6.07) is 10.1. The third-order valence-corrected chi connectivity index (χ3v) is 2.76. The van der Waals surface area contributed by atoms with Crippen molar-refractivity contribution in [1.82, 2.24) is 4.98 Å². The lowest BCUT2D eigenvalue weighted by Gasteiger charge is -2.12. The number of halogens is 4. The van der Waals surface area contributed by atoms with Crippen LogP contribution in [0.3, 0.4) is 0 Å². The number of nitrogens with one attached hydrogen (secondary N) is 1. The molecular formula is C13H7ClF3N3. The van der Waals surface area contributed by atoms with Crippen LogP contribution >= 0.6 is 11.6 Å². The third-order valence-electron chi connectivity index (χ3n) is 2.43. The smallest absolute Gasteiger partial charge is 0.338 e. The zero-order valence-corrected chi connectivity index (χ0v) is 10.6. The van der Waals surface area contributed by atoms with Gasteiger partial charge in [-0.1, -0.05) is 23.7 Å². The van der Waals surface area contributed by atoms with Gasteiger partial charge in [0.25, 0.3) is 0 Å². The van der Waals surface area contributed by atoms with Gasteiger partial charge >= 0.3 is 6.18 Å². The predicted molar refractivity (Wildman–Crippen MR) is 68.7 cm³/mol. The summed E-state index contributed by atoms with van der Waals surface area (Å²) in [6.45, 7) is 0. The number of benzene rings is 1. The van der Waals surface area contributed by atoms with Crippen molar-refractivity contribution in [3.8, 4) is 6.07 Å². The Morgan fingerprint density at radius 3 is 2.45 bits per heavy atom. The van der Waals surface area contributed by atoms with Gasteiger partial charge in [-0.15, -0.1) is 0 Å². The molecule has 0 bridgehead atoms. The van der Waals surface area contributed by atoms with E-state index in [9.17, 15) is 13.2 Å². The summed E-state index contributed by atoms with van der Waals surface area (Å²) in [5, 5.41) is 11.9. The second-order valence-electron chi connectivity index (χ2n) is 3.81. The average molecular weight is 298 g/mol. The van der Waals surface area contributed by atoms with E-state index in [2.05, 4.69) is 10.3 Å². The van der Waals surface area contributed by atoms with Gasteiger partial charge in [0.05, 0.1) is 16.3 Å². The summed E-state index contributed by atoms with van der Waals surface area (Å²) < 4.78 is 37.9. The van der Waals surface area contributed by atoms with Crippen LogP contribution < -0.4 is 5.32 Å². The molecular weight excluding hydrogens is 291 g/mol. The van der Waals surface area contributed by atoms with Gasteiger partial charge in [0.2, 0.25) is 0 Å². The monoisotopic (exact) mass is 297 g/mol. The molecule has 2 rings (SSSR count). The highest BCUT2D eigenvalue weighted by molar-refractivity contribution is 6.33. The normalized spacial score (nSPS) is 10.9. The van der Waals surface area contributed by atoms with Crippen LogP contribution in [-0.2, 0) is 6.18 Å². The van der Waals surface area contributed by atoms with Gasteiger partial charge in [-0.05, 0) is 24.3 Å². The van der Waals surface area contributed by atoms with Crippen LogP contribution in [0.25, 0.3) is 0 Å². The highest BCUT2D eigenvalue weighted by Gasteiger charge is 2.33. The molecule has 1 aromatic heterocycles. The minimum atomic E-state index is -4.58. The first-order valence-electron chi connectivity index (χ1n) is 5.41. The topological polar surface area (TPSA) is 48.7 Å². The first-order chi connectivity index (χ1) is 9.41. The fourth-order valence-electron chi connectivity index (χ4n) is 1.49. The molecule has 3 nitrogen and oxygen atoms in total. The molecule has 0 aliphatic rings. The molecule has 20 heavy (non-hydrogen) atoms. The van der Waals surface area contributed by atoms with Gasteiger partial charge in [-0.2, -0.15) is 18.4 Å². The van der Waals surface area contributed by atoms with E-state index in [1.54, 1.807) is 30.3 Å². The number of aromatic nitrogens is 1. The number of nitriles is 1. The van der Waals surface area contributed by atoms with Crippen LogP contribution in [0.1, 0.15) is 11.3 Å². The standard InChI is InChI=1S/C13H7ClF3N3/c14-9-3-1-2-4-10(9)19-12-8(7-18)5-6-11(20-12)13(15,16)17/h1-6H,(H,19,20). The Balaban J connectivity index is 2.45. The molecule has 0 saturated heterocycles. The highest BCUT2D eigenvalue weighted by Crippen LogP contribution is 2.31. The quantitative estimate of drug-likeness (QED) is 0.895. The van der Waals surface area contributed by atoms with Crippen LogP contribution in [0.5, 0.6) is 0 Å². The van der Waals surface area contributed by atoms with Crippen molar-refractivity contribution in [2.24, 2.45) is 0 Å². The van der Waals surface area contributed by atoms with Crippen LogP contribution in [0.2, 0.25) is 5.02 Å². The number of pyridine rings is 1. The molecule has 1 heterocycles. The second kappa shape index (κ2) is 5.39. The fraction of sp³-hybridized carbons (Fsp3) is 0.0769. The number of anilines is 2. The first kappa shape index (κ1) is 14.2. The Labute approximate surface area is 117 Å². The Hall–Kier alpha value is -2.26. The molecule has 0 saturated carbocycles. The fourth-order valence-corrected chi connectivity index (χ4v) is 1.68. The largest absolute Gasteiger partial charge is 0.433 e. The molecule has 1 aromatic carbocycles. The van der Waals surface area contributed by atoms with Crippen molar-refractivity contribution in [3.63, 3.8) is 0 Å². The minimum absolute atomic E-state index is 0.00193. The van der Waals surface area contributed by atoms with Crippen molar-refractivity contribution in [3.05, 3.63) is 52.7 Å². The van der Waals surface area contributed by atoms with E-state index in [-0.39, 0.29) is 11.4 Å². The molecule has 0 spiro atoms. The van der Waals surface area contributed by atoms with E-state index in [1.165, 1.54) is 0 Å². The highest BCUT2D eigenvalue weighted by atomic mass is 35.5. The van der Waals surface area contributed by atoms with Crippen LogP contribution in [0, 0.1) is 11.3 Å². The number of hydrogen-bond donors (Lipinski definition) is 1. The van der Waals surface area contributed by atoms with E-state index in [1.807, 2.05) is 0 Å². The van der Waals surface area contributed by atoms with E-state index in [4.69, 9.17) is 16.9 Å². The Morgan fingerprint density at radius 2 is 1.85 bits per heavy atom. The third kappa shape index (κ3) is 3.00.